The third-order valence-corrected chi connectivity index (χ3v) is 9.35. The fourth-order valence-corrected chi connectivity index (χ4v) is 5.60. The summed E-state index contributed by atoms with van der Waals surface area (Å²) in [6.45, 7) is 15.2. The fourth-order valence-electron chi connectivity index (χ4n) is 2.59. The third kappa shape index (κ3) is 8.58. The van der Waals surface area contributed by atoms with Crippen LogP contribution >= 0.6 is 0 Å². The summed E-state index contributed by atoms with van der Waals surface area (Å²) in [6, 6.07) is 1.21. The predicted molar refractivity (Wildman–Crippen MR) is 98.5 cm³/mol. The van der Waals surface area contributed by atoms with Crippen LogP contribution in [-0.2, 0) is 4.43 Å². The number of hydrogen-bond donors (Lipinski definition) is 4. The van der Waals surface area contributed by atoms with E-state index in [0.29, 0.717) is 12.6 Å². The van der Waals surface area contributed by atoms with Gasteiger partial charge >= 0.3 is 0 Å². The van der Waals surface area contributed by atoms with Gasteiger partial charge in [0, 0.05) is 17.7 Å². The molecule has 2 atom stereocenters. The fraction of sp³-hybridized carbons (Fsp3) is 1.00. The van der Waals surface area contributed by atoms with Gasteiger partial charge in [0.05, 0.1) is 18.4 Å². The van der Waals surface area contributed by atoms with Crippen LogP contribution in [0, 0.1) is 0 Å². The molecular weight excluding hydrogens is 310 g/mol. The summed E-state index contributed by atoms with van der Waals surface area (Å²) in [5, 5.41) is 18.3. The molecule has 0 amide bonds. The molecule has 0 bridgehead atoms. The monoisotopic (exact) mass is 349 g/mol. The molecule has 6 nitrogen and oxygen atoms in total. The van der Waals surface area contributed by atoms with Crippen LogP contribution in [0.2, 0.25) is 12.6 Å². The molecule has 0 saturated heterocycles. The van der Waals surface area contributed by atoms with E-state index < -0.39 is 25.3 Å². The minimum Gasteiger partial charge on any atom is -0.398 e. The van der Waals surface area contributed by atoms with Crippen LogP contribution in [0.3, 0.4) is 0 Å². The van der Waals surface area contributed by atoms with Crippen LogP contribution in [0.25, 0.3) is 0 Å². The van der Waals surface area contributed by atoms with Crippen molar-refractivity contribution in [2.45, 2.75) is 83.6 Å². The molecular formula is C16H39N3O3Si. The first-order valence-electron chi connectivity index (χ1n) is 8.53. The number of aliphatic hydroxyl groups excluding tert-OH is 2. The van der Waals surface area contributed by atoms with Crippen molar-refractivity contribution in [3.05, 3.63) is 0 Å². The molecule has 0 aliphatic heterocycles. The van der Waals surface area contributed by atoms with Gasteiger partial charge in [-0.15, -0.1) is 0 Å². The SMILES string of the molecule is CC(C)N(CCC[Si](C)(OC(C)(C)N)C(C)(C)N)CC(O)CO. The average molecular weight is 350 g/mol. The molecule has 0 aromatic carbocycles. The Labute approximate surface area is 143 Å². The Morgan fingerprint density at radius 2 is 1.70 bits per heavy atom. The minimum atomic E-state index is -2.22. The number of hydrogen-bond acceptors (Lipinski definition) is 6. The summed E-state index contributed by atoms with van der Waals surface area (Å²) >= 11 is 0. The van der Waals surface area contributed by atoms with Gasteiger partial charge in [-0.2, -0.15) is 0 Å². The maximum atomic E-state index is 9.67. The Hall–Kier alpha value is -0.0231. The molecule has 0 fully saturated rings. The smallest absolute Gasteiger partial charge is 0.211 e. The highest BCUT2D eigenvalue weighted by molar-refractivity contribution is 6.75. The minimum absolute atomic E-state index is 0.212. The molecule has 0 rings (SSSR count). The van der Waals surface area contributed by atoms with Crippen molar-refractivity contribution in [3.63, 3.8) is 0 Å². The van der Waals surface area contributed by atoms with E-state index in [1.807, 2.05) is 27.7 Å². The highest BCUT2D eigenvalue weighted by Crippen LogP contribution is 2.28. The van der Waals surface area contributed by atoms with Crippen molar-refractivity contribution >= 4 is 8.32 Å². The predicted octanol–water partition coefficient (Wildman–Crippen LogP) is 1.00. The van der Waals surface area contributed by atoms with Crippen LogP contribution in [0.15, 0.2) is 0 Å². The third-order valence-electron chi connectivity index (χ3n) is 4.34. The normalized spacial score (nSPS) is 17.6. The molecule has 7 heteroatoms. The number of nitrogens with zero attached hydrogens (tertiary/aromatic N) is 1. The van der Waals surface area contributed by atoms with E-state index in [0.717, 1.165) is 19.0 Å². The van der Waals surface area contributed by atoms with E-state index in [-0.39, 0.29) is 6.61 Å². The highest BCUT2D eigenvalue weighted by Gasteiger charge is 2.45. The Bertz CT molecular complexity index is 342. The van der Waals surface area contributed by atoms with Gasteiger partial charge in [0.25, 0.3) is 0 Å². The summed E-state index contributed by atoms with van der Waals surface area (Å²) < 4.78 is 6.22. The Kier molecular flexibility index (Phi) is 8.88. The van der Waals surface area contributed by atoms with E-state index in [1.165, 1.54) is 0 Å². The van der Waals surface area contributed by atoms with Crippen molar-refractivity contribution in [2.24, 2.45) is 11.5 Å². The molecule has 140 valence electrons. The van der Waals surface area contributed by atoms with E-state index in [9.17, 15) is 5.11 Å². The standard InChI is InChI=1S/C16H39N3O3Si/c1-13(2)19(11-14(21)12-20)9-8-10-23(7,16(5,6)18)22-15(3,4)17/h13-14,20-21H,8-12,17-18H2,1-7H3. The van der Waals surface area contributed by atoms with Gasteiger partial charge in [-0.3, -0.25) is 4.90 Å². The maximum absolute atomic E-state index is 9.67. The van der Waals surface area contributed by atoms with Crippen molar-refractivity contribution in [1.29, 1.82) is 0 Å². The van der Waals surface area contributed by atoms with E-state index in [1.54, 1.807) is 0 Å². The summed E-state index contributed by atoms with van der Waals surface area (Å²) in [4.78, 5) is 2.17. The van der Waals surface area contributed by atoms with Crippen molar-refractivity contribution in [3.8, 4) is 0 Å². The molecule has 0 saturated carbocycles. The number of aliphatic hydroxyl groups is 2. The lowest BCUT2D eigenvalue weighted by Gasteiger charge is -2.44. The van der Waals surface area contributed by atoms with Crippen molar-refractivity contribution in [1.82, 2.24) is 4.90 Å². The molecule has 0 aromatic heterocycles. The summed E-state index contributed by atoms with van der Waals surface area (Å²) in [7, 11) is -2.22. The Morgan fingerprint density at radius 1 is 1.17 bits per heavy atom. The Balaban J connectivity index is 4.79. The topological polar surface area (TPSA) is 105 Å². The van der Waals surface area contributed by atoms with Gasteiger partial charge in [0.15, 0.2) is 0 Å². The van der Waals surface area contributed by atoms with Crippen LogP contribution in [0.4, 0.5) is 0 Å². The molecule has 0 aliphatic carbocycles. The van der Waals surface area contributed by atoms with Gasteiger partial charge < -0.3 is 26.1 Å². The van der Waals surface area contributed by atoms with Crippen molar-refractivity contribution in [2.75, 3.05) is 19.7 Å². The zero-order chi connectivity index (χ0) is 18.5. The molecule has 6 N–H and O–H groups in total. The molecule has 2 unspecified atom stereocenters. The van der Waals surface area contributed by atoms with Crippen molar-refractivity contribution < 1.29 is 14.6 Å². The van der Waals surface area contributed by atoms with E-state index >= 15 is 0 Å². The first-order valence-corrected chi connectivity index (χ1v) is 11.1. The van der Waals surface area contributed by atoms with Crippen LogP contribution in [-0.4, -0.2) is 66.2 Å². The van der Waals surface area contributed by atoms with Gasteiger partial charge in [0.1, 0.15) is 0 Å². The van der Waals surface area contributed by atoms with E-state index in [2.05, 4.69) is 25.3 Å². The first-order chi connectivity index (χ1) is 10.2. The zero-order valence-corrected chi connectivity index (χ0v) is 17.1. The molecule has 0 aromatic rings. The summed E-state index contributed by atoms with van der Waals surface area (Å²) in [5.41, 5.74) is 11.8. The second-order valence-electron chi connectivity index (χ2n) is 8.19. The maximum Gasteiger partial charge on any atom is 0.211 e. The summed E-state index contributed by atoms with van der Waals surface area (Å²) in [6.07, 6.45) is 0.224. The largest absolute Gasteiger partial charge is 0.398 e. The number of nitrogens with two attached hydrogens (primary N) is 2. The second kappa shape index (κ2) is 8.89. The zero-order valence-electron chi connectivity index (χ0n) is 16.1. The van der Waals surface area contributed by atoms with Gasteiger partial charge in [-0.05, 0) is 67.1 Å². The molecule has 0 spiro atoms. The van der Waals surface area contributed by atoms with E-state index in [4.69, 9.17) is 21.0 Å². The van der Waals surface area contributed by atoms with Crippen LogP contribution in [0.1, 0.15) is 48.0 Å². The summed E-state index contributed by atoms with van der Waals surface area (Å²) in [5.74, 6) is 0. The lowest BCUT2D eigenvalue weighted by Crippen LogP contribution is -2.64. The van der Waals surface area contributed by atoms with Gasteiger partial charge in [0.2, 0.25) is 8.32 Å². The van der Waals surface area contributed by atoms with Crippen LogP contribution < -0.4 is 11.5 Å². The quantitative estimate of drug-likeness (QED) is 0.328. The molecule has 23 heavy (non-hydrogen) atoms. The molecule has 0 radical (unpaired) electrons. The molecule has 0 aliphatic rings. The number of rotatable bonds is 11. The second-order valence-corrected chi connectivity index (χ2v) is 12.6. The Morgan fingerprint density at radius 3 is 2.04 bits per heavy atom. The first kappa shape index (κ1) is 23.0. The lowest BCUT2D eigenvalue weighted by molar-refractivity contribution is 0.0489. The average Bonchev–Trinajstić information content (AvgIpc) is 2.33. The lowest BCUT2D eigenvalue weighted by atomic mass is 10.2. The highest BCUT2D eigenvalue weighted by atomic mass is 28.4. The van der Waals surface area contributed by atoms with Crippen LogP contribution in [0.5, 0.6) is 0 Å². The van der Waals surface area contributed by atoms with Gasteiger partial charge in [-0.1, -0.05) is 0 Å². The van der Waals surface area contributed by atoms with Gasteiger partial charge in [-0.25, -0.2) is 0 Å². The molecule has 0 heterocycles.